The first-order chi connectivity index (χ1) is 16.3. The molecule has 0 spiro atoms. The highest BCUT2D eigenvalue weighted by Gasteiger charge is 2.59. The average Bonchev–Trinajstić information content (AvgIpc) is 3.45. The van der Waals surface area contributed by atoms with Crippen molar-refractivity contribution in [3.63, 3.8) is 0 Å². The Balaban J connectivity index is 1.21. The second kappa shape index (κ2) is 9.01. The number of nitrogens with one attached hydrogen (secondary N) is 1. The number of carbonyl (C=O) groups is 2. The molecule has 34 heavy (non-hydrogen) atoms. The molecular formula is C28H38N2O4. The highest BCUT2D eigenvalue weighted by atomic mass is 16.6. The molecule has 1 N–H and O–H groups in total. The minimum atomic E-state index is -0.208. The number of amides is 1. The van der Waals surface area contributed by atoms with E-state index >= 15 is 0 Å². The van der Waals surface area contributed by atoms with Crippen LogP contribution in [0.3, 0.4) is 0 Å². The number of hydrogen-bond acceptors (Lipinski definition) is 5. The Morgan fingerprint density at radius 2 is 2.00 bits per heavy atom. The normalized spacial score (nSPS) is 37.9. The first-order valence-electron chi connectivity index (χ1n) is 13.0. The van der Waals surface area contributed by atoms with Gasteiger partial charge in [0.05, 0.1) is 18.5 Å². The summed E-state index contributed by atoms with van der Waals surface area (Å²) < 4.78 is 5.22. The minimum absolute atomic E-state index is 0.0904. The number of ketones is 1. The average molecular weight is 467 g/mol. The second-order valence-electron chi connectivity index (χ2n) is 11.5. The van der Waals surface area contributed by atoms with E-state index in [9.17, 15) is 9.59 Å². The molecule has 6 heteroatoms. The molecule has 4 aliphatic carbocycles. The fourth-order valence-corrected chi connectivity index (χ4v) is 8.13. The molecule has 3 fully saturated rings. The van der Waals surface area contributed by atoms with Crippen LogP contribution in [0.2, 0.25) is 0 Å². The maximum Gasteiger partial charge on any atom is 0.261 e. The third kappa shape index (κ3) is 4.03. The van der Waals surface area contributed by atoms with Gasteiger partial charge in [0.25, 0.3) is 5.91 Å². The molecule has 184 valence electrons. The van der Waals surface area contributed by atoms with Crippen LogP contribution in [-0.4, -0.2) is 24.0 Å². The van der Waals surface area contributed by atoms with Crippen molar-refractivity contribution in [1.29, 1.82) is 0 Å². The molecule has 0 aliphatic heterocycles. The van der Waals surface area contributed by atoms with Gasteiger partial charge >= 0.3 is 0 Å². The van der Waals surface area contributed by atoms with Crippen molar-refractivity contribution < 1.29 is 18.8 Å². The summed E-state index contributed by atoms with van der Waals surface area (Å²) in [5.74, 6) is 3.30. The minimum Gasteiger partial charge on any atom is -0.467 e. The van der Waals surface area contributed by atoms with Crippen molar-refractivity contribution >= 4 is 17.4 Å². The number of Topliss-reactive ketones (excluding diaryl/α,β-unsaturated/α-hetero) is 1. The number of allylic oxidation sites excluding steroid dienone is 2. The number of rotatable bonds is 6. The van der Waals surface area contributed by atoms with Crippen molar-refractivity contribution in [2.45, 2.75) is 78.7 Å². The SMILES string of the molecule is CC(=O)[C@@H]1CC[C@H]2[C@H]3CCC4=CC(=NOCC(=O)NCc5ccco5)CC[C@]4(C)[C@H]3CC[C@]12C. The summed E-state index contributed by atoms with van der Waals surface area (Å²) in [5, 5.41) is 7.08. The Hall–Kier alpha value is -2.37. The molecule has 0 bridgehead atoms. The lowest BCUT2D eigenvalue weighted by Gasteiger charge is -2.58. The second-order valence-corrected chi connectivity index (χ2v) is 11.5. The van der Waals surface area contributed by atoms with E-state index in [1.165, 1.54) is 31.3 Å². The standard InChI is InChI=1S/C28H38N2O4/c1-18(31)23-8-9-24-22-7-6-19-15-20(10-12-27(19,2)25(22)11-13-28(23,24)3)30-34-17-26(32)29-16-21-5-4-14-33-21/h4-5,14-15,22-25H,6-13,16-17H2,1-3H3,(H,29,32)/t22-,23+,24+,25+,27+,28-/m1/s1. The van der Waals surface area contributed by atoms with Crippen molar-refractivity contribution in [3.05, 3.63) is 35.8 Å². The molecule has 6 atom stereocenters. The fraction of sp³-hybridized carbons (Fsp3) is 0.679. The van der Waals surface area contributed by atoms with Crippen LogP contribution >= 0.6 is 0 Å². The van der Waals surface area contributed by atoms with Crippen LogP contribution in [0, 0.1) is 34.5 Å². The summed E-state index contributed by atoms with van der Waals surface area (Å²) in [6, 6.07) is 3.62. The zero-order valence-corrected chi connectivity index (χ0v) is 20.8. The molecule has 0 aromatic carbocycles. The van der Waals surface area contributed by atoms with Crippen LogP contribution in [0.1, 0.15) is 77.9 Å². The number of carbonyl (C=O) groups excluding carboxylic acids is 2. The van der Waals surface area contributed by atoms with Gasteiger partial charge < -0.3 is 14.6 Å². The van der Waals surface area contributed by atoms with Gasteiger partial charge in [-0.05, 0) is 105 Å². The van der Waals surface area contributed by atoms with Crippen molar-refractivity contribution in [1.82, 2.24) is 5.32 Å². The Bertz CT molecular complexity index is 996. The number of oxime groups is 1. The molecule has 4 aliphatic rings. The third-order valence-electron chi connectivity index (χ3n) is 9.89. The van der Waals surface area contributed by atoms with Crippen LogP contribution in [0.4, 0.5) is 0 Å². The smallest absolute Gasteiger partial charge is 0.261 e. The Labute approximate surface area is 202 Å². The van der Waals surface area contributed by atoms with Crippen LogP contribution in [-0.2, 0) is 21.0 Å². The molecule has 1 heterocycles. The Kier molecular flexibility index (Phi) is 6.19. The van der Waals surface area contributed by atoms with Gasteiger partial charge in [-0.15, -0.1) is 0 Å². The van der Waals surface area contributed by atoms with Crippen molar-refractivity contribution in [3.8, 4) is 0 Å². The van der Waals surface area contributed by atoms with Gasteiger partial charge in [-0.25, -0.2) is 0 Å². The molecule has 1 amide bonds. The predicted octanol–water partition coefficient (Wildman–Crippen LogP) is 5.44. The van der Waals surface area contributed by atoms with Crippen molar-refractivity contribution in [2.24, 2.45) is 39.7 Å². The van der Waals surface area contributed by atoms with Crippen LogP contribution in [0.15, 0.2) is 39.6 Å². The fourth-order valence-electron chi connectivity index (χ4n) is 8.13. The largest absolute Gasteiger partial charge is 0.467 e. The predicted molar refractivity (Wildman–Crippen MR) is 130 cm³/mol. The van der Waals surface area contributed by atoms with Gasteiger partial charge in [0, 0.05) is 5.92 Å². The molecule has 1 aromatic rings. The molecular weight excluding hydrogens is 428 g/mol. The lowest BCUT2D eigenvalue weighted by Crippen LogP contribution is -2.51. The summed E-state index contributed by atoms with van der Waals surface area (Å²) in [6.07, 6.45) is 12.9. The van der Waals surface area contributed by atoms with Gasteiger partial charge in [-0.3, -0.25) is 9.59 Å². The Morgan fingerprint density at radius 3 is 2.76 bits per heavy atom. The summed E-state index contributed by atoms with van der Waals surface area (Å²) in [5.41, 5.74) is 2.88. The van der Waals surface area contributed by atoms with Crippen LogP contribution in [0.25, 0.3) is 0 Å². The van der Waals surface area contributed by atoms with E-state index in [1.54, 1.807) is 19.3 Å². The first-order valence-corrected chi connectivity index (χ1v) is 13.0. The number of fused-ring (bicyclic) bond motifs is 5. The van der Waals surface area contributed by atoms with Gasteiger partial charge in [0.1, 0.15) is 11.5 Å². The first kappa shape index (κ1) is 23.4. The zero-order chi connectivity index (χ0) is 23.9. The molecule has 0 unspecified atom stereocenters. The van der Waals surface area contributed by atoms with E-state index in [2.05, 4.69) is 30.4 Å². The summed E-state index contributed by atoms with van der Waals surface area (Å²) >= 11 is 0. The monoisotopic (exact) mass is 466 g/mol. The molecule has 6 nitrogen and oxygen atoms in total. The highest BCUT2D eigenvalue weighted by molar-refractivity contribution is 5.96. The number of furan rings is 1. The lowest BCUT2D eigenvalue weighted by molar-refractivity contribution is -0.128. The van der Waals surface area contributed by atoms with Crippen LogP contribution < -0.4 is 5.32 Å². The van der Waals surface area contributed by atoms with E-state index in [1.807, 2.05) is 6.07 Å². The molecule has 3 saturated carbocycles. The molecule has 0 radical (unpaired) electrons. The maximum atomic E-state index is 12.3. The summed E-state index contributed by atoms with van der Waals surface area (Å²) in [7, 11) is 0. The molecule has 5 rings (SSSR count). The van der Waals surface area contributed by atoms with E-state index in [0.717, 1.165) is 37.3 Å². The van der Waals surface area contributed by atoms with E-state index in [4.69, 9.17) is 9.25 Å². The third-order valence-corrected chi connectivity index (χ3v) is 9.89. The van der Waals surface area contributed by atoms with Gasteiger partial charge in [0.2, 0.25) is 0 Å². The highest BCUT2D eigenvalue weighted by Crippen LogP contribution is 2.66. The summed E-state index contributed by atoms with van der Waals surface area (Å²) in [6.45, 7) is 6.95. The van der Waals surface area contributed by atoms with E-state index < -0.39 is 0 Å². The van der Waals surface area contributed by atoms with E-state index in [-0.39, 0.29) is 29.3 Å². The number of nitrogens with zero attached hydrogens (tertiary/aromatic N) is 1. The maximum absolute atomic E-state index is 12.3. The lowest BCUT2D eigenvalue weighted by atomic mass is 9.46. The van der Waals surface area contributed by atoms with Crippen molar-refractivity contribution in [2.75, 3.05) is 6.61 Å². The topological polar surface area (TPSA) is 80.9 Å². The van der Waals surface area contributed by atoms with Gasteiger partial charge in [-0.2, -0.15) is 0 Å². The number of hydrogen-bond donors (Lipinski definition) is 1. The van der Waals surface area contributed by atoms with Crippen LogP contribution in [0.5, 0.6) is 0 Å². The molecule has 1 aromatic heterocycles. The van der Waals surface area contributed by atoms with Gasteiger partial charge in [-0.1, -0.05) is 24.6 Å². The molecule has 0 saturated heterocycles. The van der Waals surface area contributed by atoms with Gasteiger partial charge in [0.15, 0.2) is 6.61 Å². The zero-order valence-electron chi connectivity index (χ0n) is 20.8. The Morgan fingerprint density at radius 1 is 1.15 bits per heavy atom. The van der Waals surface area contributed by atoms with E-state index in [0.29, 0.717) is 29.9 Å². The quantitative estimate of drug-likeness (QED) is 0.566. The summed E-state index contributed by atoms with van der Waals surface area (Å²) in [4.78, 5) is 29.8.